The lowest BCUT2D eigenvalue weighted by Gasteiger charge is -2.31. The number of allylic oxidation sites excluding steroid dienone is 3. The van der Waals surface area contributed by atoms with Gasteiger partial charge in [0.25, 0.3) is 0 Å². The molecule has 1 atom stereocenters. The van der Waals surface area contributed by atoms with Crippen molar-refractivity contribution in [2.24, 2.45) is 15.9 Å². The first kappa shape index (κ1) is 30.7. The van der Waals surface area contributed by atoms with Gasteiger partial charge in [0.2, 0.25) is 0 Å². The second kappa shape index (κ2) is 13.1. The van der Waals surface area contributed by atoms with E-state index in [9.17, 15) is 22.4 Å². The number of aliphatic imine (C=N–C) groups is 2. The molecule has 2 aliphatic rings. The fourth-order valence-corrected chi connectivity index (χ4v) is 4.72. The zero-order valence-electron chi connectivity index (χ0n) is 23.8. The van der Waals surface area contributed by atoms with E-state index in [4.69, 9.17) is 14.5 Å². The summed E-state index contributed by atoms with van der Waals surface area (Å²) in [6, 6.07) is 5.69. The van der Waals surface area contributed by atoms with Crippen LogP contribution in [0.3, 0.4) is 0 Å². The van der Waals surface area contributed by atoms with Gasteiger partial charge in [-0.3, -0.25) is 4.98 Å². The fourth-order valence-electron chi connectivity index (χ4n) is 4.72. The van der Waals surface area contributed by atoms with Gasteiger partial charge >= 0.3 is 12.1 Å². The Labute approximate surface area is 242 Å². The standard InChI is InChI=1S/C31H32F4N4O3/c1-5-20-18-39(10-9-27(20)31(33,34)35)29-26(21-12-22(17-36-16-21)30(40)42-6-2)11-19(3)7-8-28(38-29)37-24-13-23(32)14-25(15-24)41-4/h9-17,19H,5-8,18H2,1-4H3. The molecule has 7 nitrogen and oxygen atoms in total. The largest absolute Gasteiger partial charge is 0.497 e. The molecular weight excluding hydrogens is 552 g/mol. The first-order chi connectivity index (χ1) is 20.0. The van der Waals surface area contributed by atoms with E-state index < -0.39 is 23.5 Å². The van der Waals surface area contributed by atoms with Crippen molar-refractivity contribution in [2.75, 3.05) is 20.3 Å². The van der Waals surface area contributed by atoms with Gasteiger partial charge in [-0.05, 0) is 49.5 Å². The maximum Gasteiger partial charge on any atom is 0.416 e. The lowest BCUT2D eigenvalue weighted by molar-refractivity contribution is -0.0896. The summed E-state index contributed by atoms with van der Waals surface area (Å²) < 4.78 is 65.8. The van der Waals surface area contributed by atoms with Gasteiger partial charge < -0.3 is 14.4 Å². The molecule has 2 aliphatic heterocycles. The van der Waals surface area contributed by atoms with Crippen LogP contribution in [0.5, 0.6) is 5.75 Å². The first-order valence-electron chi connectivity index (χ1n) is 13.6. The molecule has 0 N–H and O–H groups in total. The van der Waals surface area contributed by atoms with Crippen LogP contribution in [0.1, 0.15) is 56.0 Å². The normalized spacial score (nSPS) is 18.8. The number of halogens is 4. The number of esters is 1. The zero-order valence-corrected chi connectivity index (χ0v) is 23.8. The average molecular weight is 585 g/mol. The summed E-state index contributed by atoms with van der Waals surface area (Å²) in [4.78, 5) is 27.8. The zero-order chi connectivity index (χ0) is 30.4. The van der Waals surface area contributed by atoms with Crippen LogP contribution in [0.25, 0.3) is 5.57 Å². The molecule has 11 heteroatoms. The molecule has 0 saturated carbocycles. The van der Waals surface area contributed by atoms with Crippen LogP contribution in [-0.2, 0) is 4.74 Å². The van der Waals surface area contributed by atoms with Crippen molar-refractivity contribution in [3.05, 3.63) is 83.1 Å². The molecule has 1 aromatic heterocycles. The van der Waals surface area contributed by atoms with Gasteiger partial charge in [0.1, 0.15) is 23.2 Å². The highest BCUT2D eigenvalue weighted by Gasteiger charge is 2.36. The number of alkyl halides is 3. The highest BCUT2D eigenvalue weighted by molar-refractivity contribution is 6.26. The number of carbonyl (C=O) groups excluding carboxylic acids is 1. The van der Waals surface area contributed by atoms with E-state index in [0.29, 0.717) is 35.6 Å². The Morgan fingerprint density at radius 2 is 1.95 bits per heavy atom. The second-order valence-corrected chi connectivity index (χ2v) is 9.90. The van der Waals surface area contributed by atoms with E-state index in [-0.39, 0.29) is 48.1 Å². The molecule has 2 aromatic rings. The van der Waals surface area contributed by atoms with Gasteiger partial charge in [0.15, 0.2) is 0 Å². The van der Waals surface area contributed by atoms with Crippen molar-refractivity contribution in [2.45, 2.75) is 46.2 Å². The van der Waals surface area contributed by atoms with Crippen molar-refractivity contribution in [1.82, 2.24) is 9.88 Å². The molecule has 1 unspecified atom stereocenters. The minimum absolute atomic E-state index is 0.00955. The van der Waals surface area contributed by atoms with Crippen LogP contribution in [0.15, 0.2) is 76.1 Å². The van der Waals surface area contributed by atoms with Crippen LogP contribution in [0.4, 0.5) is 23.2 Å². The van der Waals surface area contributed by atoms with E-state index in [1.165, 1.54) is 31.6 Å². The highest BCUT2D eigenvalue weighted by atomic mass is 19.4. The Morgan fingerprint density at radius 1 is 1.17 bits per heavy atom. The summed E-state index contributed by atoms with van der Waals surface area (Å²) in [6.45, 7) is 5.50. The van der Waals surface area contributed by atoms with Crippen molar-refractivity contribution >= 4 is 28.9 Å². The number of ether oxygens (including phenoxy) is 2. The van der Waals surface area contributed by atoms with Crippen molar-refractivity contribution in [3.63, 3.8) is 0 Å². The molecule has 0 bridgehead atoms. The van der Waals surface area contributed by atoms with Crippen molar-refractivity contribution in [3.8, 4) is 5.75 Å². The number of methoxy groups -OCH3 is 1. The molecule has 4 rings (SSSR count). The Hall–Kier alpha value is -4.28. The summed E-state index contributed by atoms with van der Waals surface area (Å²) in [5, 5.41) is 0. The molecule has 0 radical (unpaired) electrons. The average Bonchev–Trinajstić information content (AvgIpc) is 2.95. The molecule has 1 aromatic carbocycles. The minimum atomic E-state index is -4.50. The topological polar surface area (TPSA) is 76.4 Å². The number of carbonyl (C=O) groups is 1. The number of aromatic nitrogens is 1. The molecule has 42 heavy (non-hydrogen) atoms. The van der Waals surface area contributed by atoms with Crippen LogP contribution >= 0.6 is 0 Å². The number of pyridine rings is 1. The first-order valence-corrected chi connectivity index (χ1v) is 13.6. The summed E-state index contributed by atoms with van der Waals surface area (Å²) in [6.07, 6.45) is 4.09. The number of rotatable bonds is 6. The summed E-state index contributed by atoms with van der Waals surface area (Å²) in [5.74, 6) is -0.107. The lowest BCUT2D eigenvalue weighted by atomic mass is 9.94. The van der Waals surface area contributed by atoms with Gasteiger partial charge in [-0.1, -0.05) is 19.9 Å². The van der Waals surface area contributed by atoms with Gasteiger partial charge in [0, 0.05) is 54.8 Å². The van der Waals surface area contributed by atoms with E-state index in [2.05, 4.69) is 9.98 Å². The van der Waals surface area contributed by atoms with Gasteiger partial charge in [0.05, 0.1) is 30.5 Å². The molecule has 0 amide bonds. The smallest absolute Gasteiger partial charge is 0.416 e. The van der Waals surface area contributed by atoms with Gasteiger partial charge in [-0.25, -0.2) is 19.2 Å². The Morgan fingerprint density at radius 3 is 2.64 bits per heavy atom. The number of hydrogen-bond acceptors (Lipinski definition) is 6. The van der Waals surface area contributed by atoms with Crippen LogP contribution in [0, 0.1) is 11.7 Å². The van der Waals surface area contributed by atoms with Crippen LogP contribution in [-0.4, -0.2) is 54.0 Å². The fraction of sp³-hybridized carbons (Fsp3) is 0.355. The Balaban J connectivity index is 1.89. The molecule has 0 spiro atoms. The third-order valence-electron chi connectivity index (χ3n) is 6.83. The summed E-state index contributed by atoms with van der Waals surface area (Å²) in [7, 11) is 1.42. The van der Waals surface area contributed by atoms with Crippen molar-refractivity contribution < 1.29 is 31.8 Å². The highest BCUT2D eigenvalue weighted by Crippen LogP contribution is 2.35. The second-order valence-electron chi connectivity index (χ2n) is 9.90. The Kier molecular flexibility index (Phi) is 9.59. The SMILES string of the molecule is CCOC(=O)c1cncc(C2=CC(C)CCC(=Nc3cc(F)cc(OC)c3)N=C2N2C=CC(C(F)(F)F)=C(CC)C2)c1. The Bertz CT molecular complexity index is 1490. The lowest BCUT2D eigenvalue weighted by Crippen LogP contribution is -2.34. The van der Waals surface area contributed by atoms with Crippen LogP contribution < -0.4 is 4.74 Å². The maximum atomic E-state index is 14.2. The monoisotopic (exact) mass is 584 g/mol. The molecule has 0 saturated heterocycles. The van der Waals surface area contributed by atoms with E-state index >= 15 is 0 Å². The molecule has 222 valence electrons. The summed E-state index contributed by atoms with van der Waals surface area (Å²) >= 11 is 0. The van der Waals surface area contributed by atoms with E-state index in [0.717, 1.165) is 6.08 Å². The van der Waals surface area contributed by atoms with Crippen LogP contribution in [0.2, 0.25) is 0 Å². The molecule has 3 heterocycles. The van der Waals surface area contributed by atoms with E-state index in [1.54, 1.807) is 37.1 Å². The number of nitrogens with zero attached hydrogens (tertiary/aromatic N) is 4. The summed E-state index contributed by atoms with van der Waals surface area (Å²) in [5.41, 5.74) is 1.15. The van der Waals surface area contributed by atoms with Gasteiger partial charge in [-0.15, -0.1) is 0 Å². The number of hydrogen-bond donors (Lipinski definition) is 0. The minimum Gasteiger partial charge on any atom is -0.497 e. The third-order valence-corrected chi connectivity index (χ3v) is 6.83. The van der Waals surface area contributed by atoms with Gasteiger partial charge in [-0.2, -0.15) is 13.2 Å². The number of benzene rings is 1. The quantitative estimate of drug-likeness (QED) is 0.261. The molecule has 0 aliphatic carbocycles. The van der Waals surface area contributed by atoms with E-state index in [1.807, 2.05) is 13.0 Å². The number of amidine groups is 2. The predicted molar refractivity (Wildman–Crippen MR) is 153 cm³/mol. The molecule has 0 fully saturated rings. The third kappa shape index (κ3) is 7.32. The maximum absolute atomic E-state index is 14.2. The van der Waals surface area contributed by atoms with Crippen molar-refractivity contribution in [1.29, 1.82) is 0 Å². The predicted octanol–water partition coefficient (Wildman–Crippen LogP) is 7.45. The molecular formula is C31H32F4N4O3.